The zero-order valence-corrected chi connectivity index (χ0v) is 24.3. The Kier molecular flexibility index (Phi) is 8.93. The maximum Gasteiger partial charge on any atom is 0.238 e. The molecule has 2 atom stereocenters. The van der Waals surface area contributed by atoms with Crippen molar-refractivity contribution in [2.45, 2.75) is 58.5 Å². The van der Waals surface area contributed by atoms with Crippen molar-refractivity contribution in [3.63, 3.8) is 0 Å². The second-order valence-electron chi connectivity index (χ2n) is 10.4. The Morgan fingerprint density at radius 2 is 1.82 bits per heavy atom. The van der Waals surface area contributed by atoms with Crippen LogP contribution in [-0.4, -0.2) is 68.4 Å². The number of ether oxygens (including phenoxy) is 1. The van der Waals surface area contributed by atoms with Crippen molar-refractivity contribution in [1.29, 1.82) is 5.26 Å². The van der Waals surface area contributed by atoms with Gasteiger partial charge in [0.05, 0.1) is 30.1 Å². The van der Waals surface area contributed by atoms with Gasteiger partial charge in [-0.15, -0.1) is 0 Å². The van der Waals surface area contributed by atoms with Gasteiger partial charge in [0.1, 0.15) is 11.8 Å². The quantitative estimate of drug-likeness (QED) is 0.350. The van der Waals surface area contributed by atoms with Gasteiger partial charge in [0.2, 0.25) is 15.9 Å². The monoisotopic (exact) mass is 550 g/mol. The fraction of sp³-hybridized carbons (Fsp3) is 0.483. The molecule has 39 heavy (non-hydrogen) atoms. The Bertz CT molecular complexity index is 1460. The van der Waals surface area contributed by atoms with Crippen LogP contribution in [0.1, 0.15) is 52.0 Å². The summed E-state index contributed by atoms with van der Waals surface area (Å²) >= 11 is 0. The SMILES string of the molecule is CCCCCCN1CC(C)N(c2c(C#N)cnc3ccc(-c4cnc(OC)c(NS(C)(=O)=O)c4)cc23)[C@H](C)C1. The Labute approximate surface area is 231 Å². The zero-order chi connectivity index (χ0) is 28.2. The molecular weight excluding hydrogens is 512 g/mol. The number of nitrogens with zero attached hydrogens (tertiary/aromatic N) is 5. The van der Waals surface area contributed by atoms with E-state index in [1.165, 1.54) is 32.8 Å². The van der Waals surface area contributed by atoms with Crippen LogP contribution in [0.4, 0.5) is 11.4 Å². The van der Waals surface area contributed by atoms with Gasteiger partial charge in [0, 0.05) is 48.5 Å². The summed E-state index contributed by atoms with van der Waals surface area (Å²) in [6, 6.07) is 10.4. The Morgan fingerprint density at radius 3 is 2.46 bits per heavy atom. The normalized spacial score (nSPS) is 18.2. The Hall–Kier alpha value is -3.42. The van der Waals surface area contributed by atoms with Crippen molar-refractivity contribution in [3.8, 4) is 23.1 Å². The molecule has 0 aliphatic carbocycles. The fourth-order valence-electron chi connectivity index (χ4n) is 5.58. The predicted octanol–water partition coefficient (Wildman–Crippen LogP) is 5.03. The molecule has 0 radical (unpaired) electrons. The van der Waals surface area contributed by atoms with Gasteiger partial charge in [-0.05, 0) is 50.6 Å². The number of pyridine rings is 2. The van der Waals surface area contributed by atoms with Gasteiger partial charge < -0.3 is 9.64 Å². The number of methoxy groups -OCH3 is 1. The van der Waals surface area contributed by atoms with Crippen LogP contribution in [0.2, 0.25) is 0 Å². The first-order chi connectivity index (χ1) is 18.6. The first-order valence-electron chi connectivity index (χ1n) is 13.5. The van der Waals surface area contributed by atoms with E-state index in [0.29, 0.717) is 5.56 Å². The molecule has 2 aromatic heterocycles. The Morgan fingerprint density at radius 1 is 1.08 bits per heavy atom. The first kappa shape index (κ1) is 28.6. The summed E-state index contributed by atoms with van der Waals surface area (Å²) < 4.78 is 31.6. The smallest absolute Gasteiger partial charge is 0.238 e. The summed E-state index contributed by atoms with van der Waals surface area (Å²) in [5.74, 6) is 0.189. The molecule has 1 N–H and O–H groups in total. The van der Waals surface area contributed by atoms with E-state index in [9.17, 15) is 13.7 Å². The number of hydrogen-bond acceptors (Lipinski definition) is 8. The van der Waals surface area contributed by atoms with E-state index in [-0.39, 0.29) is 23.7 Å². The van der Waals surface area contributed by atoms with Crippen LogP contribution in [-0.2, 0) is 10.0 Å². The molecule has 0 bridgehead atoms. The molecule has 1 saturated heterocycles. The van der Waals surface area contributed by atoms with Crippen molar-refractivity contribution >= 4 is 32.3 Å². The van der Waals surface area contributed by atoms with Crippen LogP contribution in [0.5, 0.6) is 5.88 Å². The number of fused-ring (bicyclic) bond motifs is 1. The van der Waals surface area contributed by atoms with Crippen LogP contribution >= 0.6 is 0 Å². The number of unbranched alkanes of at least 4 members (excludes halogenated alkanes) is 3. The summed E-state index contributed by atoms with van der Waals surface area (Å²) in [6.07, 6.45) is 9.38. The van der Waals surface area contributed by atoms with Crippen LogP contribution in [0.25, 0.3) is 22.0 Å². The van der Waals surface area contributed by atoms with Crippen molar-refractivity contribution < 1.29 is 13.2 Å². The summed E-state index contributed by atoms with van der Waals surface area (Å²) in [5, 5.41) is 11.0. The van der Waals surface area contributed by atoms with E-state index in [0.717, 1.165) is 53.6 Å². The maximum absolute atomic E-state index is 11.9. The highest BCUT2D eigenvalue weighted by atomic mass is 32.2. The largest absolute Gasteiger partial charge is 0.480 e. The number of nitrogens with one attached hydrogen (secondary N) is 1. The third kappa shape index (κ3) is 6.60. The minimum Gasteiger partial charge on any atom is -0.480 e. The zero-order valence-electron chi connectivity index (χ0n) is 23.4. The lowest BCUT2D eigenvalue weighted by Crippen LogP contribution is -2.57. The third-order valence-corrected chi connectivity index (χ3v) is 7.80. The minimum absolute atomic E-state index is 0.189. The minimum atomic E-state index is -3.53. The molecule has 0 spiro atoms. The second kappa shape index (κ2) is 12.2. The number of aromatic nitrogens is 2. The third-order valence-electron chi connectivity index (χ3n) is 7.21. The molecule has 10 heteroatoms. The van der Waals surface area contributed by atoms with Gasteiger partial charge in [-0.1, -0.05) is 32.3 Å². The predicted molar refractivity (Wildman–Crippen MR) is 157 cm³/mol. The van der Waals surface area contributed by atoms with Gasteiger partial charge in [-0.2, -0.15) is 5.26 Å². The summed E-state index contributed by atoms with van der Waals surface area (Å²) in [4.78, 5) is 13.8. The standard InChI is InChI=1S/C29H38N6O3S/c1-6-7-8-9-12-34-18-20(2)35(21(3)19-34)28-24(15-30)17-31-26-11-10-22(13-25(26)28)23-14-27(33-39(5,36)37)29(38-4)32-16-23/h10-11,13-14,16-17,20-21,33H,6-9,12,18-19H2,1-5H3/t20-,21?/m1/s1. The number of sulfonamides is 1. The van der Waals surface area contributed by atoms with Gasteiger partial charge in [-0.25, -0.2) is 13.4 Å². The van der Waals surface area contributed by atoms with E-state index < -0.39 is 10.0 Å². The van der Waals surface area contributed by atoms with Crippen molar-refractivity contribution in [2.24, 2.45) is 0 Å². The summed E-state index contributed by atoms with van der Waals surface area (Å²) in [5.41, 5.74) is 4.05. The highest BCUT2D eigenvalue weighted by molar-refractivity contribution is 7.92. The first-order valence-corrected chi connectivity index (χ1v) is 15.4. The van der Waals surface area contributed by atoms with E-state index in [4.69, 9.17) is 4.74 Å². The van der Waals surface area contributed by atoms with Gasteiger partial charge in [-0.3, -0.25) is 14.6 Å². The molecule has 0 amide bonds. The lowest BCUT2D eigenvalue weighted by atomic mass is 9.98. The lowest BCUT2D eigenvalue weighted by Gasteiger charge is -2.46. The lowest BCUT2D eigenvalue weighted by molar-refractivity contribution is 0.196. The second-order valence-corrected chi connectivity index (χ2v) is 12.2. The van der Waals surface area contributed by atoms with Crippen LogP contribution < -0.4 is 14.4 Å². The van der Waals surface area contributed by atoms with E-state index in [2.05, 4.69) is 51.3 Å². The number of hydrogen-bond donors (Lipinski definition) is 1. The highest BCUT2D eigenvalue weighted by Crippen LogP contribution is 2.37. The molecule has 3 heterocycles. The van der Waals surface area contributed by atoms with Crippen LogP contribution in [0.3, 0.4) is 0 Å². The summed E-state index contributed by atoms with van der Waals surface area (Å²) in [6.45, 7) is 9.66. The molecular formula is C29H38N6O3S. The van der Waals surface area contributed by atoms with E-state index >= 15 is 0 Å². The maximum atomic E-state index is 11.9. The molecule has 1 aliphatic heterocycles. The molecule has 0 saturated carbocycles. The van der Waals surface area contributed by atoms with Crippen molar-refractivity contribution in [1.82, 2.24) is 14.9 Å². The van der Waals surface area contributed by atoms with Crippen molar-refractivity contribution in [3.05, 3.63) is 42.2 Å². The molecule has 208 valence electrons. The molecule has 1 unspecified atom stereocenters. The van der Waals surface area contributed by atoms with Crippen LogP contribution in [0, 0.1) is 11.3 Å². The number of piperazine rings is 1. The Balaban J connectivity index is 1.73. The number of nitriles is 1. The van der Waals surface area contributed by atoms with Crippen LogP contribution in [0.15, 0.2) is 36.7 Å². The number of rotatable bonds is 10. The highest BCUT2D eigenvalue weighted by Gasteiger charge is 2.32. The topological polar surface area (TPSA) is 111 Å². The van der Waals surface area contributed by atoms with Gasteiger partial charge >= 0.3 is 0 Å². The molecule has 4 rings (SSSR count). The van der Waals surface area contributed by atoms with Crippen molar-refractivity contribution in [2.75, 3.05) is 42.6 Å². The summed E-state index contributed by atoms with van der Waals surface area (Å²) in [7, 11) is -2.08. The van der Waals surface area contributed by atoms with Gasteiger partial charge in [0.15, 0.2) is 0 Å². The molecule has 9 nitrogen and oxygen atoms in total. The average molecular weight is 551 g/mol. The fourth-order valence-corrected chi connectivity index (χ4v) is 6.13. The average Bonchev–Trinajstić information content (AvgIpc) is 2.89. The molecule has 3 aromatic rings. The van der Waals surface area contributed by atoms with E-state index in [1.807, 2.05) is 18.2 Å². The molecule has 1 aromatic carbocycles. The molecule has 1 aliphatic rings. The number of benzene rings is 1. The number of anilines is 2. The molecule has 1 fully saturated rings. The van der Waals surface area contributed by atoms with Gasteiger partial charge in [0.25, 0.3) is 0 Å². The van der Waals surface area contributed by atoms with E-state index in [1.54, 1.807) is 18.5 Å².